The van der Waals surface area contributed by atoms with Crippen molar-refractivity contribution in [1.82, 2.24) is 5.48 Å². The Morgan fingerprint density at radius 1 is 1.36 bits per heavy atom. The molecule has 3 heteroatoms. The molecule has 1 aliphatic rings. The molecule has 0 aliphatic carbocycles. The molecule has 0 spiro atoms. The third-order valence-corrected chi connectivity index (χ3v) is 2.28. The van der Waals surface area contributed by atoms with Gasteiger partial charge in [0.1, 0.15) is 0 Å². The van der Waals surface area contributed by atoms with Gasteiger partial charge in [0.25, 0.3) is 0 Å². The number of rotatable bonds is 3. The maximum atomic E-state index is 5.48. The third kappa shape index (κ3) is 1.52. The number of hydrogen-bond donors (Lipinski definition) is 1. The van der Waals surface area contributed by atoms with Crippen LogP contribution in [0.25, 0.3) is 0 Å². The first kappa shape index (κ1) is 9.24. The first-order valence-electron chi connectivity index (χ1n) is 4.53. The van der Waals surface area contributed by atoms with Gasteiger partial charge in [0.15, 0.2) is 5.60 Å². The lowest BCUT2D eigenvalue weighted by atomic mass is 9.95. The van der Waals surface area contributed by atoms with Gasteiger partial charge in [-0.15, -0.1) is 0 Å². The average molecular weight is 191 g/mol. The van der Waals surface area contributed by atoms with Crippen LogP contribution in [0.2, 0.25) is 0 Å². The first-order chi connectivity index (χ1) is 6.87. The van der Waals surface area contributed by atoms with Crippen molar-refractivity contribution in [2.45, 2.75) is 5.60 Å². The van der Waals surface area contributed by atoms with Crippen molar-refractivity contribution in [2.24, 2.45) is 0 Å². The van der Waals surface area contributed by atoms with Crippen LogP contribution in [0.5, 0.6) is 0 Å². The Balaban J connectivity index is 2.32. The Kier molecular flexibility index (Phi) is 2.52. The van der Waals surface area contributed by atoms with Crippen LogP contribution in [0.4, 0.5) is 0 Å². The van der Waals surface area contributed by atoms with Crippen LogP contribution in [-0.2, 0) is 15.2 Å². The molecule has 1 aromatic carbocycles. The van der Waals surface area contributed by atoms with Crippen molar-refractivity contribution in [2.75, 3.05) is 13.7 Å². The highest BCUT2D eigenvalue weighted by Gasteiger charge is 2.34. The van der Waals surface area contributed by atoms with Crippen LogP contribution in [0.15, 0.2) is 42.6 Å². The maximum absolute atomic E-state index is 5.48. The van der Waals surface area contributed by atoms with Gasteiger partial charge in [0, 0.05) is 13.3 Å². The van der Waals surface area contributed by atoms with Crippen molar-refractivity contribution >= 4 is 0 Å². The van der Waals surface area contributed by atoms with E-state index in [0.29, 0.717) is 6.61 Å². The minimum Gasteiger partial charge on any atom is -0.381 e. The summed E-state index contributed by atoms with van der Waals surface area (Å²) in [7, 11) is 1.67. The second kappa shape index (κ2) is 3.82. The molecule has 0 saturated carbocycles. The van der Waals surface area contributed by atoms with E-state index in [2.05, 4.69) is 5.48 Å². The molecule has 3 nitrogen and oxygen atoms in total. The molecular formula is C11H13NO2. The summed E-state index contributed by atoms with van der Waals surface area (Å²) in [4.78, 5) is 5.48. The Morgan fingerprint density at radius 3 is 2.71 bits per heavy atom. The van der Waals surface area contributed by atoms with Gasteiger partial charge in [-0.1, -0.05) is 30.3 Å². The van der Waals surface area contributed by atoms with E-state index in [1.54, 1.807) is 13.3 Å². The first-order valence-corrected chi connectivity index (χ1v) is 4.53. The van der Waals surface area contributed by atoms with Gasteiger partial charge in [0.05, 0.1) is 6.61 Å². The van der Waals surface area contributed by atoms with Crippen LogP contribution in [-0.4, -0.2) is 13.7 Å². The lowest BCUT2D eigenvalue weighted by Gasteiger charge is -2.25. The Hall–Kier alpha value is -1.32. The monoisotopic (exact) mass is 191 g/mol. The van der Waals surface area contributed by atoms with E-state index < -0.39 is 5.60 Å². The largest absolute Gasteiger partial charge is 0.381 e. The smallest absolute Gasteiger partial charge is 0.164 e. The topological polar surface area (TPSA) is 30.5 Å². The lowest BCUT2D eigenvalue weighted by Crippen LogP contribution is -2.31. The zero-order valence-corrected chi connectivity index (χ0v) is 8.07. The van der Waals surface area contributed by atoms with Gasteiger partial charge >= 0.3 is 0 Å². The molecule has 0 amide bonds. The standard InChI is InChI=1S/C11H13NO2/c1-13-9-11(7-8-12-14-11)10-5-3-2-4-6-10/h2-8,12H,9H2,1H3. The number of ether oxygens (including phenoxy) is 1. The summed E-state index contributed by atoms with van der Waals surface area (Å²) in [5, 5.41) is 0. The summed E-state index contributed by atoms with van der Waals surface area (Å²) < 4.78 is 5.17. The lowest BCUT2D eigenvalue weighted by molar-refractivity contribution is -0.0817. The van der Waals surface area contributed by atoms with Crippen LogP contribution in [0.1, 0.15) is 5.56 Å². The fourth-order valence-corrected chi connectivity index (χ4v) is 1.59. The van der Waals surface area contributed by atoms with Crippen molar-refractivity contribution in [1.29, 1.82) is 0 Å². The molecule has 1 N–H and O–H groups in total. The van der Waals surface area contributed by atoms with Crippen molar-refractivity contribution < 1.29 is 9.57 Å². The van der Waals surface area contributed by atoms with Gasteiger partial charge in [-0.3, -0.25) is 10.3 Å². The summed E-state index contributed by atoms with van der Waals surface area (Å²) in [6.07, 6.45) is 3.75. The predicted octanol–water partition coefficient (Wildman–Crippen LogP) is 1.58. The predicted molar refractivity (Wildman–Crippen MR) is 53.4 cm³/mol. The van der Waals surface area contributed by atoms with E-state index in [1.165, 1.54) is 0 Å². The fourth-order valence-electron chi connectivity index (χ4n) is 1.59. The highest BCUT2D eigenvalue weighted by atomic mass is 16.7. The van der Waals surface area contributed by atoms with Gasteiger partial charge < -0.3 is 4.74 Å². The summed E-state index contributed by atoms with van der Waals surface area (Å²) in [5.41, 5.74) is 3.35. The molecule has 2 rings (SSSR count). The number of nitrogens with one attached hydrogen (secondary N) is 1. The zero-order chi connectivity index (χ0) is 9.86. The van der Waals surface area contributed by atoms with Crippen LogP contribution in [0, 0.1) is 0 Å². The van der Waals surface area contributed by atoms with E-state index in [1.807, 2.05) is 36.4 Å². The summed E-state index contributed by atoms with van der Waals surface area (Å²) in [5.74, 6) is 0. The second-order valence-electron chi connectivity index (χ2n) is 3.24. The average Bonchev–Trinajstić information content (AvgIpc) is 2.70. The third-order valence-electron chi connectivity index (χ3n) is 2.28. The number of benzene rings is 1. The molecule has 0 aromatic heterocycles. The molecule has 0 saturated heterocycles. The SMILES string of the molecule is COCC1(c2ccccc2)C=CNO1. The number of hydroxylamine groups is 1. The molecule has 0 bridgehead atoms. The molecule has 1 aromatic rings. The van der Waals surface area contributed by atoms with Gasteiger partial charge in [-0.05, 0) is 11.6 Å². The molecule has 1 aliphatic heterocycles. The van der Waals surface area contributed by atoms with E-state index in [4.69, 9.17) is 9.57 Å². The number of hydrogen-bond acceptors (Lipinski definition) is 3. The van der Waals surface area contributed by atoms with E-state index in [0.717, 1.165) is 5.56 Å². The van der Waals surface area contributed by atoms with E-state index in [9.17, 15) is 0 Å². The fraction of sp³-hybridized carbons (Fsp3) is 0.273. The highest BCUT2D eigenvalue weighted by Crippen LogP contribution is 2.29. The second-order valence-corrected chi connectivity index (χ2v) is 3.24. The molecular weight excluding hydrogens is 178 g/mol. The minimum absolute atomic E-state index is 0.476. The summed E-state index contributed by atoms with van der Waals surface area (Å²) in [6, 6.07) is 10.0. The molecule has 1 heterocycles. The molecule has 0 fully saturated rings. The van der Waals surface area contributed by atoms with Gasteiger partial charge in [-0.2, -0.15) is 0 Å². The molecule has 0 radical (unpaired) electrons. The molecule has 1 unspecified atom stereocenters. The van der Waals surface area contributed by atoms with Gasteiger partial charge in [0.2, 0.25) is 0 Å². The van der Waals surface area contributed by atoms with Gasteiger partial charge in [-0.25, -0.2) is 0 Å². The van der Waals surface area contributed by atoms with Crippen molar-refractivity contribution in [3.05, 3.63) is 48.2 Å². The Labute approximate surface area is 83.3 Å². The maximum Gasteiger partial charge on any atom is 0.164 e. The number of methoxy groups -OCH3 is 1. The van der Waals surface area contributed by atoms with Crippen molar-refractivity contribution in [3.8, 4) is 0 Å². The molecule has 1 atom stereocenters. The van der Waals surface area contributed by atoms with E-state index >= 15 is 0 Å². The Bertz CT molecular complexity index is 323. The highest BCUT2D eigenvalue weighted by molar-refractivity contribution is 5.29. The van der Waals surface area contributed by atoms with Crippen LogP contribution in [0.3, 0.4) is 0 Å². The minimum atomic E-state index is -0.476. The van der Waals surface area contributed by atoms with Crippen LogP contribution < -0.4 is 5.48 Å². The summed E-state index contributed by atoms with van der Waals surface area (Å²) in [6.45, 7) is 0.501. The summed E-state index contributed by atoms with van der Waals surface area (Å²) >= 11 is 0. The molecule has 14 heavy (non-hydrogen) atoms. The normalized spacial score (nSPS) is 24.9. The zero-order valence-electron chi connectivity index (χ0n) is 8.07. The van der Waals surface area contributed by atoms with E-state index in [-0.39, 0.29) is 0 Å². The van der Waals surface area contributed by atoms with Crippen molar-refractivity contribution in [3.63, 3.8) is 0 Å². The quantitative estimate of drug-likeness (QED) is 0.786. The molecule has 74 valence electrons. The Morgan fingerprint density at radius 2 is 2.14 bits per heavy atom. The van der Waals surface area contributed by atoms with Crippen LogP contribution >= 0.6 is 0 Å².